The number of hydrogen-bond acceptors (Lipinski definition) is 5. The van der Waals surface area contributed by atoms with Crippen molar-refractivity contribution in [3.63, 3.8) is 0 Å². The third-order valence-corrected chi connectivity index (χ3v) is 4.36. The average Bonchev–Trinajstić information content (AvgIpc) is 3.08. The summed E-state index contributed by atoms with van der Waals surface area (Å²) < 4.78 is 24.6. The lowest BCUT2D eigenvalue weighted by molar-refractivity contribution is -0.0756. The summed E-state index contributed by atoms with van der Waals surface area (Å²) in [6, 6.07) is 14.3. The van der Waals surface area contributed by atoms with E-state index in [0.717, 1.165) is 11.4 Å². The van der Waals surface area contributed by atoms with Gasteiger partial charge in [0.2, 0.25) is 0 Å². The summed E-state index contributed by atoms with van der Waals surface area (Å²) in [6.07, 6.45) is 2.37. The van der Waals surface area contributed by atoms with Gasteiger partial charge in [-0.05, 0) is 18.2 Å². The Kier molecular flexibility index (Phi) is 4.29. The number of rotatable bonds is 6. The second kappa shape index (κ2) is 6.74. The van der Waals surface area contributed by atoms with E-state index in [4.69, 9.17) is 9.26 Å². The van der Waals surface area contributed by atoms with Gasteiger partial charge in [-0.1, -0.05) is 29.4 Å². The van der Waals surface area contributed by atoms with Crippen LogP contribution in [0.15, 0.2) is 59.3 Å². The lowest BCUT2D eigenvalue weighted by Crippen LogP contribution is -2.61. The second-order valence-corrected chi connectivity index (χ2v) is 6.29. The number of halogens is 1. The van der Waals surface area contributed by atoms with Crippen LogP contribution in [0.2, 0.25) is 0 Å². The molecule has 1 fully saturated rings. The zero-order valence-electron chi connectivity index (χ0n) is 13.6. The van der Waals surface area contributed by atoms with Crippen LogP contribution in [0.1, 0.15) is 11.3 Å². The van der Waals surface area contributed by atoms with E-state index in [1.54, 1.807) is 18.3 Å². The number of pyridine rings is 1. The topological polar surface area (TPSA) is 60.2 Å². The van der Waals surface area contributed by atoms with Crippen molar-refractivity contribution in [1.29, 1.82) is 0 Å². The van der Waals surface area contributed by atoms with Crippen LogP contribution in [0.3, 0.4) is 0 Å². The molecule has 2 aromatic heterocycles. The molecule has 1 aliphatic heterocycles. The van der Waals surface area contributed by atoms with Crippen molar-refractivity contribution in [2.45, 2.75) is 18.5 Å². The van der Waals surface area contributed by atoms with Gasteiger partial charge in [-0.3, -0.25) is 4.98 Å². The molecule has 3 aromatic rings. The third kappa shape index (κ3) is 3.45. The number of aromatic nitrogens is 2. The minimum absolute atomic E-state index is 0.204. The SMILES string of the molecule is Fc1ccccc1CNC1(Cc2cc(-c3ccccn3)on2)COC1. The first kappa shape index (κ1) is 15.9. The maximum Gasteiger partial charge on any atom is 0.185 e. The van der Waals surface area contributed by atoms with Gasteiger partial charge in [0.1, 0.15) is 11.5 Å². The highest BCUT2D eigenvalue weighted by atomic mass is 19.1. The fraction of sp³-hybridized carbons (Fsp3) is 0.263. The highest BCUT2D eigenvalue weighted by molar-refractivity contribution is 5.51. The summed E-state index contributed by atoms with van der Waals surface area (Å²) in [6.45, 7) is 1.57. The summed E-state index contributed by atoms with van der Waals surface area (Å²) >= 11 is 0. The van der Waals surface area contributed by atoms with Gasteiger partial charge in [0.05, 0.1) is 24.4 Å². The zero-order valence-corrected chi connectivity index (χ0v) is 13.6. The van der Waals surface area contributed by atoms with Crippen LogP contribution in [-0.4, -0.2) is 28.9 Å². The Morgan fingerprint density at radius 3 is 2.68 bits per heavy atom. The Hall–Kier alpha value is -2.57. The molecule has 5 nitrogen and oxygen atoms in total. The molecular formula is C19H18FN3O2. The first-order valence-electron chi connectivity index (χ1n) is 8.17. The summed E-state index contributed by atoms with van der Waals surface area (Å²) in [7, 11) is 0. The van der Waals surface area contributed by atoms with E-state index in [0.29, 0.717) is 37.5 Å². The molecule has 0 radical (unpaired) electrons. The monoisotopic (exact) mass is 339 g/mol. The van der Waals surface area contributed by atoms with Gasteiger partial charge in [-0.25, -0.2) is 4.39 Å². The van der Waals surface area contributed by atoms with E-state index in [9.17, 15) is 4.39 Å². The number of ether oxygens (including phenoxy) is 1. The maximum absolute atomic E-state index is 13.8. The zero-order chi connectivity index (χ0) is 17.1. The Balaban J connectivity index is 1.45. The Labute approximate surface area is 144 Å². The van der Waals surface area contributed by atoms with E-state index >= 15 is 0 Å². The molecule has 1 aromatic carbocycles. The van der Waals surface area contributed by atoms with Gasteiger partial charge < -0.3 is 14.6 Å². The molecule has 0 amide bonds. The fourth-order valence-corrected chi connectivity index (χ4v) is 2.91. The number of benzene rings is 1. The quantitative estimate of drug-likeness (QED) is 0.748. The molecule has 128 valence electrons. The summed E-state index contributed by atoms with van der Waals surface area (Å²) in [5.41, 5.74) is 1.97. The Morgan fingerprint density at radius 1 is 1.12 bits per heavy atom. The summed E-state index contributed by atoms with van der Waals surface area (Å²) in [4.78, 5) is 4.26. The van der Waals surface area contributed by atoms with Crippen LogP contribution >= 0.6 is 0 Å². The lowest BCUT2D eigenvalue weighted by atomic mass is 9.90. The molecular weight excluding hydrogens is 321 g/mol. The van der Waals surface area contributed by atoms with Crippen LogP contribution in [0, 0.1) is 5.82 Å². The largest absolute Gasteiger partial charge is 0.377 e. The van der Waals surface area contributed by atoms with Crippen molar-refractivity contribution < 1.29 is 13.7 Å². The molecule has 0 spiro atoms. The van der Waals surface area contributed by atoms with Crippen LogP contribution in [0.5, 0.6) is 0 Å². The standard InChI is InChI=1S/C19H18FN3O2/c20-16-6-2-1-5-14(16)11-22-19(12-24-13-19)10-15-9-18(25-23-15)17-7-3-4-8-21-17/h1-9,22H,10-13H2. The fourth-order valence-electron chi connectivity index (χ4n) is 2.91. The highest BCUT2D eigenvalue weighted by Crippen LogP contribution is 2.25. The minimum Gasteiger partial charge on any atom is -0.377 e. The third-order valence-electron chi connectivity index (χ3n) is 4.36. The summed E-state index contributed by atoms with van der Waals surface area (Å²) in [5.74, 6) is 0.435. The lowest BCUT2D eigenvalue weighted by Gasteiger charge is -2.42. The number of nitrogens with zero attached hydrogens (tertiary/aromatic N) is 2. The molecule has 0 unspecified atom stereocenters. The van der Waals surface area contributed by atoms with Gasteiger partial charge in [0, 0.05) is 30.8 Å². The van der Waals surface area contributed by atoms with Crippen LogP contribution in [-0.2, 0) is 17.7 Å². The van der Waals surface area contributed by atoms with Crippen LogP contribution < -0.4 is 5.32 Å². The van der Waals surface area contributed by atoms with E-state index in [1.165, 1.54) is 6.07 Å². The summed E-state index contributed by atoms with van der Waals surface area (Å²) in [5, 5.41) is 7.57. The first-order chi connectivity index (χ1) is 12.2. The van der Waals surface area contributed by atoms with Crippen LogP contribution in [0.4, 0.5) is 4.39 Å². The Bertz CT molecular complexity index is 847. The van der Waals surface area contributed by atoms with Crippen molar-refractivity contribution in [3.05, 3.63) is 71.8 Å². The molecule has 0 saturated carbocycles. The number of hydrogen-bond donors (Lipinski definition) is 1. The van der Waals surface area contributed by atoms with Crippen molar-refractivity contribution in [2.75, 3.05) is 13.2 Å². The van der Waals surface area contributed by atoms with Crippen molar-refractivity contribution in [3.8, 4) is 11.5 Å². The van der Waals surface area contributed by atoms with Crippen molar-refractivity contribution >= 4 is 0 Å². The molecule has 3 heterocycles. The van der Waals surface area contributed by atoms with Crippen molar-refractivity contribution in [1.82, 2.24) is 15.5 Å². The molecule has 25 heavy (non-hydrogen) atoms. The van der Waals surface area contributed by atoms with Gasteiger partial charge >= 0.3 is 0 Å². The smallest absolute Gasteiger partial charge is 0.185 e. The molecule has 4 rings (SSSR count). The molecule has 0 atom stereocenters. The predicted molar refractivity (Wildman–Crippen MR) is 90.2 cm³/mol. The van der Waals surface area contributed by atoms with E-state index in [-0.39, 0.29) is 11.4 Å². The molecule has 1 aliphatic rings. The van der Waals surface area contributed by atoms with Gasteiger partial charge in [-0.15, -0.1) is 0 Å². The molecule has 0 bridgehead atoms. The van der Waals surface area contributed by atoms with Gasteiger partial charge in [0.25, 0.3) is 0 Å². The van der Waals surface area contributed by atoms with E-state index < -0.39 is 0 Å². The minimum atomic E-state index is -0.249. The average molecular weight is 339 g/mol. The van der Waals surface area contributed by atoms with Crippen LogP contribution in [0.25, 0.3) is 11.5 Å². The highest BCUT2D eigenvalue weighted by Gasteiger charge is 2.39. The molecule has 6 heteroatoms. The molecule has 0 aliphatic carbocycles. The normalized spacial score (nSPS) is 15.7. The molecule has 1 saturated heterocycles. The van der Waals surface area contributed by atoms with E-state index in [2.05, 4.69) is 15.5 Å². The first-order valence-corrected chi connectivity index (χ1v) is 8.17. The van der Waals surface area contributed by atoms with Gasteiger partial charge in [-0.2, -0.15) is 0 Å². The van der Waals surface area contributed by atoms with Gasteiger partial charge in [0.15, 0.2) is 5.76 Å². The Morgan fingerprint density at radius 2 is 1.96 bits per heavy atom. The maximum atomic E-state index is 13.8. The van der Waals surface area contributed by atoms with Crippen molar-refractivity contribution in [2.24, 2.45) is 0 Å². The van der Waals surface area contributed by atoms with E-state index in [1.807, 2.05) is 30.3 Å². The predicted octanol–water partition coefficient (Wildman–Crippen LogP) is 2.98. The number of nitrogens with one attached hydrogen (secondary N) is 1. The molecule has 1 N–H and O–H groups in total. The second-order valence-electron chi connectivity index (χ2n) is 6.29.